The first kappa shape index (κ1) is 19.6. The summed E-state index contributed by atoms with van der Waals surface area (Å²) in [7, 11) is 0. The van der Waals surface area contributed by atoms with E-state index in [2.05, 4.69) is 10.1 Å². The topological polar surface area (TPSA) is 68.5 Å². The van der Waals surface area contributed by atoms with Crippen molar-refractivity contribution in [2.45, 2.75) is 40.3 Å². The fourth-order valence-corrected chi connectivity index (χ4v) is 2.79. The third kappa shape index (κ3) is 4.76. The van der Waals surface area contributed by atoms with Crippen molar-refractivity contribution in [2.24, 2.45) is 0 Å². The second-order valence-corrected chi connectivity index (χ2v) is 6.89. The van der Waals surface area contributed by atoms with Gasteiger partial charge in [-0.15, -0.1) is 0 Å². The number of amides is 1. The Hall–Kier alpha value is -3.15. The molecule has 1 amide bonds. The molecule has 6 heteroatoms. The second kappa shape index (κ2) is 8.69. The van der Waals surface area contributed by atoms with Crippen LogP contribution in [0.4, 0.5) is 0 Å². The quantitative estimate of drug-likeness (QED) is 0.605. The molecule has 0 unspecified atom stereocenters. The lowest BCUT2D eigenvalue weighted by Crippen LogP contribution is -2.30. The summed E-state index contributed by atoms with van der Waals surface area (Å²) in [6, 6.07) is 15.1. The third-order valence-electron chi connectivity index (χ3n) is 4.23. The van der Waals surface area contributed by atoms with Gasteiger partial charge in [-0.25, -0.2) is 0 Å². The van der Waals surface area contributed by atoms with E-state index >= 15 is 0 Å². The molecule has 2 aromatic carbocycles. The summed E-state index contributed by atoms with van der Waals surface area (Å²) in [5.41, 5.74) is 2.62. The highest BCUT2D eigenvalue weighted by Gasteiger charge is 2.19. The van der Waals surface area contributed by atoms with Gasteiger partial charge in [0.25, 0.3) is 5.91 Å². The van der Waals surface area contributed by atoms with Crippen LogP contribution in [0.25, 0.3) is 11.4 Å². The highest BCUT2D eigenvalue weighted by molar-refractivity contribution is 5.94. The molecule has 0 aliphatic carbocycles. The van der Waals surface area contributed by atoms with Crippen molar-refractivity contribution in [3.05, 3.63) is 65.5 Å². The lowest BCUT2D eigenvalue weighted by Gasteiger charge is -2.19. The monoisotopic (exact) mass is 379 g/mol. The average molecular weight is 379 g/mol. The number of hydrogen-bond acceptors (Lipinski definition) is 5. The van der Waals surface area contributed by atoms with Crippen molar-refractivity contribution in [2.75, 3.05) is 6.54 Å². The van der Waals surface area contributed by atoms with Crippen LogP contribution < -0.4 is 4.74 Å². The molecule has 3 rings (SSSR count). The molecule has 1 aromatic heterocycles. The van der Waals surface area contributed by atoms with Gasteiger partial charge in [0.1, 0.15) is 12.3 Å². The average Bonchev–Trinajstić information content (AvgIpc) is 3.14. The smallest absolute Gasteiger partial charge is 0.254 e. The van der Waals surface area contributed by atoms with E-state index in [1.165, 1.54) is 5.56 Å². The van der Waals surface area contributed by atoms with Gasteiger partial charge < -0.3 is 14.2 Å². The molecule has 0 aliphatic heterocycles. The number of ether oxygens (including phenoxy) is 1. The molecule has 28 heavy (non-hydrogen) atoms. The third-order valence-corrected chi connectivity index (χ3v) is 4.23. The molecule has 0 atom stereocenters. The Bertz CT molecular complexity index is 932. The molecule has 0 saturated heterocycles. The number of carbonyl (C=O) groups is 1. The van der Waals surface area contributed by atoms with Crippen LogP contribution in [0.3, 0.4) is 0 Å². The minimum Gasteiger partial charge on any atom is -0.491 e. The van der Waals surface area contributed by atoms with E-state index in [0.29, 0.717) is 29.6 Å². The molecule has 146 valence electrons. The lowest BCUT2D eigenvalue weighted by atomic mass is 10.1. The van der Waals surface area contributed by atoms with E-state index in [1.807, 2.05) is 64.1 Å². The Morgan fingerprint density at radius 1 is 1.18 bits per heavy atom. The Morgan fingerprint density at radius 3 is 2.61 bits per heavy atom. The number of carbonyl (C=O) groups excluding carboxylic acids is 1. The van der Waals surface area contributed by atoms with Crippen LogP contribution in [0.15, 0.2) is 53.1 Å². The SMILES string of the molecule is CCN(Cc1nc(-c2ccc(C)cc2)no1)C(=O)c1cccc(OC(C)C)c1. The number of rotatable bonds is 7. The van der Waals surface area contributed by atoms with Crippen LogP contribution in [0, 0.1) is 6.92 Å². The van der Waals surface area contributed by atoms with Crippen molar-refractivity contribution in [3.8, 4) is 17.1 Å². The van der Waals surface area contributed by atoms with Crippen LogP contribution >= 0.6 is 0 Å². The van der Waals surface area contributed by atoms with E-state index in [0.717, 1.165) is 5.56 Å². The van der Waals surface area contributed by atoms with Crippen molar-refractivity contribution in [1.29, 1.82) is 0 Å². The van der Waals surface area contributed by atoms with Crippen LogP contribution in [0.1, 0.15) is 42.6 Å². The first-order valence-electron chi connectivity index (χ1n) is 9.42. The number of hydrogen-bond donors (Lipinski definition) is 0. The van der Waals surface area contributed by atoms with Crippen molar-refractivity contribution >= 4 is 5.91 Å². The molecule has 0 aliphatic rings. The van der Waals surface area contributed by atoms with Crippen molar-refractivity contribution in [3.63, 3.8) is 0 Å². The van der Waals surface area contributed by atoms with Gasteiger partial charge in [-0.05, 0) is 45.9 Å². The maximum atomic E-state index is 12.9. The minimum atomic E-state index is -0.105. The van der Waals surface area contributed by atoms with E-state index in [9.17, 15) is 4.79 Å². The van der Waals surface area contributed by atoms with Gasteiger partial charge >= 0.3 is 0 Å². The molecule has 1 heterocycles. The zero-order chi connectivity index (χ0) is 20.1. The maximum Gasteiger partial charge on any atom is 0.254 e. The van der Waals surface area contributed by atoms with Crippen molar-refractivity contribution in [1.82, 2.24) is 15.0 Å². The zero-order valence-corrected chi connectivity index (χ0v) is 16.7. The van der Waals surface area contributed by atoms with E-state index in [4.69, 9.17) is 9.26 Å². The highest BCUT2D eigenvalue weighted by atomic mass is 16.5. The molecule has 0 bridgehead atoms. The van der Waals surface area contributed by atoms with Gasteiger partial charge in [0.05, 0.1) is 6.10 Å². The van der Waals surface area contributed by atoms with Crippen LogP contribution in [0.2, 0.25) is 0 Å². The first-order chi connectivity index (χ1) is 13.5. The summed E-state index contributed by atoms with van der Waals surface area (Å²) < 4.78 is 11.1. The summed E-state index contributed by atoms with van der Waals surface area (Å²) in [4.78, 5) is 19.0. The Labute approximate surface area is 165 Å². The van der Waals surface area contributed by atoms with Crippen LogP contribution in [0.5, 0.6) is 5.75 Å². The van der Waals surface area contributed by atoms with E-state index < -0.39 is 0 Å². The van der Waals surface area contributed by atoms with Crippen LogP contribution in [-0.2, 0) is 6.54 Å². The zero-order valence-electron chi connectivity index (χ0n) is 16.7. The number of benzene rings is 2. The standard InChI is InChI=1S/C22H25N3O3/c1-5-25(22(26)18-7-6-8-19(13-18)27-15(2)3)14-20-23-21(24-28-20)17-11-9-16(4)10-12-17/h6-13,15H,5,14H2,1-4H3. The summed E-state index contributed by atoms with van der Waals surface area (Å²) in [5, 5.41) is 4.04. The fraction of sp³-hybridized carbons (Fsp3) is 0.318. The van der Waals surface area contributed by atoms with Gasteiger partial charge in [-0.1, -0.05) is 41.1 Å². The van der Waals surface area contributed by atoms with Gasteiger partial charge in [-0.2, -0.15) is 4.98 Å². The highest BCUT2D eigenvalue weighted by Crippen LogP contribution is 2.19. The molecule has 0 fully saturated rings. The molecule has 6 nitrogen and oxygen atoms in total. The van der Waals surface area contributed by atoms with E-state index in [1.54, 1.807) is 17.0 Å². The molecular formula is C22H25N3O3. The molecule has 0 radical (unpaired) electrons. The molecule has 3 aromatic rings. The summed E-state index contributed by atoms with van der Waals surface area (Å²) in [6.45, 7) is 8.63. The fourth-order valence-electron chi connectivity index (χ4n) is 2.79. The van der Waals surface area contributed by atoms with Crippen LogP contribution in [-0.4, -0.2) is 33.6 Å². The largest absolute Gasteiger partial charge is 0.491 e. The normalized spacial score (nSPS) is 10.9. The predicted octanol–water partition coefficient (Wildman–Crippen LogP) is 4.49. The van der Waals surface area contributed by atoms with Crippen molar-refractivity contribution < 1.29 is 14.1 Å². The van der Waals surface area contributed by atoms with E-state index in [-0.39, 0.29) is 18.6 Å². The number of nitrogens with zero attached hydrogens (tertiary/aromatic N) is 3. The summed E-state index contributed by atoms with van der Waals surface area (Å²) in [6.07, 6.45) is 0.0474. The minimum absolute atomic E-state index is 0.0474. The van der Waals surface area contributed by atoms with Gasteiger partial charge in [-0.3, -0.25) is 4.79 Å². The molecule has 0 spiro atoms. The van der Waals surface area contributed by atoms with Gasteiger partial charge in [0.2, 0.25) is 11.7 Å². The predicted molar refractivity (Wildman–Crippen MR) is 107 cm³/mol. The Kier molecular flexibility index (Phi) is 6.09. The molecule has 0 saturated carbocycles. The lowest BCUT2D eigenvalue weighted by molar-refractivity contribution is 0.0734. The Balaban J connectivity index is 1.74. The molecular weight excluding hydrogens is 354 g/mol. The van der Waals surface area contributed by atoms with Gasteiger partial charge in [0.15, 0.2) is 0 Å². The number of aromatic nitrogens is 2. The summed E-state index contributed by atoms with van der Waals surface area (Å²) in [5.74, 6) is 1.49. The second-order valence-electron chi connectivity index (χ2n) is 6.89. The number of aryl methyl sites for hydroxylation is 1. The van der Waals surface area contributed by atoms with Gasteiger partial charge in [0, 0.05) is 17.7 Å². The maximum absolute atomic E-state index is 12.9. The molecule has 0 N–H and O–H groups in total. The first-order valence-corrected chi connectivity index (χ1v) is 9.42. The summed E-state index contributed by atoms with van der Waals surface area (Å²) >= 11 is 0. The Morgan fingerprint density at radius 2 is 1.93 bits per heavy atom.